The molecule has 8 heteroatoms. The molecule has 1 amide bonds. The predicted octanol–water partition coefficient (Wildman–Crippen LogP) is 3.60. The zero-order valence-electron chi connectivity index (χ0n) is 19.5. The Bertz CT molecular complexity index is 1060. The number of likely N-dealkylation sites (tertiary alicyclic amines) is 1. The van der Waals surface area contributed by atoms with Gasteiger partial charge in [-0.05, 0) is 63.8 Å². The van der Waals surface area contributed by atoms with Gasteiger partial charge in [0.2, 0.25) is 0 Å². The molecule has 1 fully saturated rings. The zero-order chi connectivity index (χ0) is 24.3. The minimum Gasteiger partial charge on any atom is -0.507 e. The summed E-state index contributed by atoms with van der Waals surface area (Å²) in [5.74, 6) is -1.81. The van der Waals surface area contributed by atoms with Crippen LogP contribution in [0.4, 0.5) is 4.39 Å². The van der Waals surface area contributed by atoms with Crippen LogP contribution in [-0.2, 0) is 9.59 Å². The summed E-state index contributed by atoms with van der Waals surface area (Å²) < 4.78 is 24.9. The van der Waals surface area contributed by atoms with Gasteiger partial charge in [0.25, 0.3) is 11.7 Å². The van der Waals surface area contributed by atoms with Gasteiger partial charge in [0.05, 0.1) is 30.4 Å². The number of benzene rings is 2. The topological polar surface area (TPSA) is 79.3 Å². The predicted molar refractivity (Wildman–Crippen MR) is 123 cm³/mol. The molecule has 7 nitrogen and oxygen atoms in total. The first kappa shape index (κ1) is 24.3. The van der Waals surface area contributed by atoms with E-state index in [2.05, 4.69) is 0 Å². The van der Waals surface area contributed by atoms with Gasteiger partial charge in [-0.15, -0.1) is 0 Å². The van der Waals surface area contributed by atoms with Crippen LogP contribution in [0.2, 0.25) is 0 Å². The lowest BCUT2D eigenvalue weighted by molar-refractivity contribution is -0.140. The number of rotatable bonds is 8. The number of ketones is 1. The number of hydrogen-bond donors (Lipinski definition) is 1. The van der Waals surface area contributed by atoms with Crippen molar-refractivity contribution in [2.75, 3.05) is 34.3 Å². The van der Waals surface area contributed by atoms with E-state index in [1.54, 1.807) is 24.3 Å². The van der Waals surface area contributed by atoms with Gasteiger partial charge in [0.15, 0.2) is 0 Å². The minimum atomic E-state index is -0.842. The van der Waals surface area contributed by atoms with E-state index in [1.807, 2.05) is 32.8 Å². The molecule has 2 aromatic rings. The fourth-order valence-corrected chi connectivity index (χ4v) is 3.78. The third-order valence-electron chi connectivity index (χ3n) is 5.31. The second kappa shape index (κ2) is 10.0. The summed E-state index contributed by atoms with van der Waals surface area (Å²) in [7, 11) is 5.10. The Morgan fingerprint density at radius 2 is 1.82 bits per heavy atom. The Morgan fingerprint density at radius 3 is 2.39 bits per heavy atom. The van der Waals surface area contributed by atoms with Crippen LogP contribution in [0.5, 0.6) is 11.5 Å². The van der Waals surface area contributed by atoms with Crippen molar-refractivity contribution in [3.8, 4) is 11.5 Å². The highest BCUT2D eigenvalue weighted by Crippen LogP contribution is 2.41. The Kier molecular flexibility index (Phi) is 7.38. The molecule has 176 valence electrons. The average molecular weight is 457 g/mol. The van der Waals surface area contributed by atoms with Gasteiger partial charge < -0.3 is 24.4 Å². The normalized spacial score (nSPS) is 17.8. The van der Waals surface area contributed by atoms with Gasteiger partial charge in [-0.25, -0.2) is 4.39 Å². The van der Waals surface area contributed by atoms with Gasteiger partial charge in [-0.2, -0.15) is 0 Å². The number of methoxy groups -OCH3 is 1. The van der Waals surface area contributed by atoms with Gasteiger partial charge in [0.1, 0.15) is 23.1 Å². The standard InChI is InChI=1S/C25H29FN2O5/c1-15(2)33-18-9-6-16(7-10-18)22-21(24(30)25(31)28(22)13-12-27(3)4)23(29)19-14-17(26)8-11-20(19)32-5/h6-11,14-15,22,29H,12-13H2,1-5H3/b23-21+. The summed E-state index contributed by atoms with van der Waals surface area (Å²) in [5.41, 5.74) is 0.522. The summed E-state index contributed by atoms with van der Waals surface area (Å²) in [5, 5.41) is 11.1. The number of hydrogen-bond acceptors (Lipinski definition) is 6. The number of nitrogens with zero attached hydrogens (tertiary/aromatic N) is 2. The van der Waals surface area contributed by atoms with Crippen LogP contribution in [0.25, 0.3) is 5.76 Å². The van der Waals surface area contributed by atoms with Crippen molar-refractivity contribution >= 4 is 17.4 Å². The van der Waals surface area contributed by atoms with Crippen molar-refractivity contribution in [1.82, 2.24) is 9.80 Å². The number of Topliss-reactive ketones (excluding diaryl/α,β-unsaturated/α-hetero) is 1. The van der Waals surface area contributed by atoms with Crippen molar-refractivity contribution in [2.24, 2.45) is 0 Å². The first-order chi connectivity index (χ1) is 15.6. The molecule has 1 N–H and O–H groups in total. The molecule has 3 rings (SSSR count). The summed E-state index contributed by atoms with van der Waals surface area (Å²) in [6, 6.07) is 9.81. The molecular weight excluding hydrogens is 427 g/mol. The molecule has 0 aliphatic carbocycles. The molecule has 33 heavy (non-hydrogen) atoms. The van der Waals surface area contributed by atoms with Gasteiger partial charge in [0, 0.05) is 13.1 Å². The molecule has 0 bridgehead atoms. The maximum atomic E-state index is 14.0. The Hall–Kier alpha value is -3.39. The van der Waals surface area contributed by atoms with E-state index < -0.39 is 29.3 Å². The monoisotopic (exact) mass is 456 g/mol. The van der Waals surface area contributed by atoms with Crippen LogP contribution in [0.3, 0.4) is 0 Å². The van der Waals surface area contributed by atoms with E-state index in [-0.39, 0.29) is 29.5 Å². The molecular formula is C25H29FN2O5. The number of likely N-dealkylation sites (N-methyl/N-ethyl adjacent to an activating group) is 1. The van der Waals surface area contributed by atoms with Crippen LogP contribution < -0.4 is 9.47 Å². The summed E-state index contributed by atoms with van der Waals surface area (Å²) in [6.07, 6.45) is -0.0120. The van der Waals surface area contributed by atoms with Crippen molar-refractivity contribution < 1.29 is 28.6 Å². The van der Waals surface area contributed by atoms with E-state index in [4.69, 9.17) is 9.47 Å². The molecule has 1 heterocycles. The van der Waals surface area contributed by atoms with E-state index in [9.17, 15) is 19.1 Å². The molecule has 1 aliphatic heterocycles. The van der Waals surface area contributed by atoms with Crippen LogP contribution in [0, 0.1) is 5.82 Å². The summed E-state index contributed by atoms with van der Waals surface area (Å²) in [6.45, 7) is 4.61. The number of aliphatic hydroxyl groups is 1. The van der Waals surface area contributed by atoms with Crippen LogP contribution in [0.1, 0.15) is 31.0 Å². The molecule has 1 aliphatic rings. The molecule has 1 saturated heterocycles. The molecule has 2 aromatic carbocycles. The highest BCUT2D eigenvalue weighted by Gasteiger charge is 2.46. The van der Waals surface area contributed by atoms with Crippen LogP contribution in [-0.4, -0.2) is 67.0 Å². The molecule has 0 radical (unpaired) electrons. The molecule has 0 saturated carbocycles. The lowest BCUT2D eigenvalue weighted by atomic mass is 9.95. The largest absolute Gasteiger partial charge is 0.507 e. The highest BCUT2D eigenvalue weighted by molar-refractivity contribution is 6.46. The Labute approximate surface area is 193 Å². The second-order valence-corrected chi connectivity index (χ2v) is 8.38. The third kappa shape index (κ3) is 5.17. The quantitative estimate of drug-likeness (QED) is 0.372. The Balaban J connectivity index is 2.16. The lowest BCUT2D eigenvalue weighted by Gasteiger charge is -2.27. The van der Waals surface area contributed by atoms with Crippen LogP contribution >= 0.6 is 0 Å². The maximum Gasteiger partial charge on any atom is 0.295 e. The first-order valence-electron chi connectivity index (χ1n) is 10.7. The fourth-order valence-electron chi connectivity index (χ4n) is 3.78. The number of ether oxygens (including phenoxy) is 2. The maximum absolute atomic E-state index is 14.0. The van der Waals surface area contributed by atoms with E-state index in [0.29, 0.717) is 17.9 Å². The Morgan fingerprint density at radius 1 is 1.15 bits per heavy atom. The van der Waals surface area contributed by atoms with Crippen molar-refractivity contribution in [3.05, 3.63) is 65.0 Å². The summed E-state index contributed by atoms with van der Waals surface area (Å²) in [4.78, 5) is 29.4. The molecule has 1 unspecified atom stereocenters. The number of carbonyl (C=O) groups is 2. The first-order valence-corrected chi connectivity index (χ1v) is 10.7. The third-order valence-corrected chi connectivity index (χ3v) is 5.31. The molecule has 0 spiro atoms. The average Bonchev–Trinajstić information content (AvgIpc) is 3.02. The highest BCUT2D eigenvalue weighted by atomic mass is 19.1. The smallest absolute Gasteiger partial charge is 0.295 e. The van der Waals surface area contributed by atoms with Crippen molar-refractivity contribution in [1.29, 1.82) is 0 Å². The van der Waals surface area contributed by atoms with Gasteiger partial charge in [-0.3, -0.25) is 9.59 Å². The summed E-state index contributed by atoms with van der Waals surface area (Å²) >= 11 is 0. The number of amides is 1. The van der Waals surface area contributed by atoms with Gasteiger partial charge >= 0.3 is 0 Å². The molecule has 0 aromatic heterocycles. The SMILES string of the molecule is COc1ccc(F)cc1/C(O)=C1\C(=O)C(=O)N(CCN(C)C)C1c1ccc(OC(C)C)cc1. The van der Waals surface area contributed by atoms with Crippen LogP contribution in [0.15, 0.2) is 48.0 Å². The lowest BCUT2D eigenvalue weighted by Crippen LogP contribution is -2.35. The zero-order valence-corrected chi connectivity index (χ0v) is 19.5. The van der Waals surface area contributed by atoms with E-state index >= 15 is 0 Å². The minimum absolute atomic E-state index is 0.00729. The number of aliphatic hydroxyl groups excluding tert-OH is 1. The van der Waals surface area contributed by atoms with Crippen molar-refractivity contribution in [2.45, 2.75) is 26.0 Å². The fraction of sp³-hybridized carbons (Fsp3) is 0.360. The van der Waals surface area contributed by atoms with E-state index in [0.717, 1.165) is 6.07 Å². The number of halogens is 1. The number of carbonyl (C=O) groups excluding carboxylic acids is 2. The second-order valence-electron chi connectivity index (χ2n) is 8.38. The van der Waals surface area contributed by atoms with E-state index in [1.165, 1.54) is 24.1 Å². The molecule has 1 atom stereocenters. The van der Waals surface area contributed by atoms with Gasteiger partial charge in [-0.1, -0.05) is 12.1 Å². The van der Waals surface area contributed by atoms with Crippen molar-refractivity contribution in [3.63, 3.8) is 0 Å².